The molecule has 1 aromatic carbocycles. The fraction of sp³-hybridized carbons (Fsp3) is 0.300. The highest BCUT2D eigenvalue weighted by molar-refractivity contribution is 5.94. The molecular weight excluding hydrogens is 364 g/mol. The molecule has 4 rings (SSSR count). The van der Waals surface area contributed by atoms with Gasteiger partial charge in [-0.15, -0.1) is 5.10 Å². The summed E-state index contributed by atoms with van der Waals surface area (Å²) in [6, 6.07) is 7.65. The molecule has 0 spiro atoms. The lowest BCUT2D eigenvalue weighted by molar-refractivity contribution is 0.0626. The highest BCUT2D eigenvalue weighted by Gasteiger charge is 2.31. The van der Waals surface area contributed by atoms with Gasteiger partial charge in [-0.1, -0.05) is 23.4 Å². The summed E-state index contributed by atoms with van der Waals surface area (Å²) in [5.74, 6) is -0.987. The van der Waals surface area contributed by atoms with Crippen molar-refractivity contribution < 1.29 is 13.6 Å². The van der Waals surface area contributed by atoms with Crippen molar-refractivity contribution in [2.75, 3.05) is 13.1 Å². The standard InChI is InChI=1S/C20H19F2N5O/c21-18-4-2-1-3-17(18)19(22)14-5-8-26(9-6-14)20(28)15-11-16(13-23-12-15)27-10-7-24-25-27/h1-4,7,10-14,19H,5-6,8-9H2. The number of alkyl halides is 1. The lowest BCUT2D eigenvalue weighted by Crippen LogP contribution is -2.39. The average Bonchev–Trinajstić information content (AvgIpc) is 3.28. The Morgan fingerprint density at radius 3 is 2.68 bits per heavy atom. The highest BCUT2D eigenvalue weighted by atomic mass is 19.1. The van der Waals surface area contributed by atoms with E-state index in [1.807, 2.05) is 0 Å². The van der Waals surface area contributed by atoms with Crippen molar-refractivity contribution in [1.82, 2.24) is 24.9 Å². The van der Waals surface area contributed by atoms with Crippen molar-refractivity contribution in [1.29, 1.82) is 0 Å². The maximum atomic E-state index is 14.8. The number of piperidine rings is 1. The molecule has 0 saturated carbocycles. The number of hydrogen-bond donors (Lipinski definition) is 0. The van der Waals surface area contributed by atoms with Gasteiger partial charge in [-0.2, -0.15) is 0 Å². The number of aromatic nitrogens is 4. The Kier molecular flexibility index (Phi) is 5.10. The van der Waals surface area contributed by atoms with E-state index in [9.17, 15) is 13.6 Å². The molecule has 28 heavy (non-hydrogen) atoms. The number of likely N-dealkylation sites (tertiary alicyclic amines) is 1. The van der Waals surface area contributed by atoms with Gasteiger partial charge in [-0.3, -0.25) is 9.78 Å². The van der Waals surface area contributed by atoms with Crippen LogP contribution < -0.4 is 0 Å². The van der Waals surface area contributed by atoms with Gasteiger partial charge in [0.2, 0.25) is 0 Å². The number of halogens is 2. The number of amides is 1. The summed E-state index contributed by atoms with van der Waals surface area (Å²) < 4.78 is 30.2. The molecule has 1 aliphatic rings. The normalized spacial score (nSPS) is 16.1. The molecule has 0 N–H and O–H groups in total. The van der Waals surface area contributed by atoms with Crippen LogP contribution in [0.25, 0.3) is 5.69 Å². The number of carbonyl (C=O) groups excluding carboxylic acids is 1. The molecule has 1 amide bonds. The zero-order valence-electron chi connectivity index (χ0n) is 15.1. The highest BCUT2D eigenvalue weighted by Crippen LogP contribution is 2.35. The van der Waals surface area contributed by atoms with E-state index in [0.717, 1.165) is 0 Å². The molecule has 1 unspecified atom stereocenters. The quantitative estimate of drug-likeness (QED) is 0.693. The van der Waals surface area contributed by atoms with Crippen LogP contribution in [-0.4, -0.2) is 43.9 Å². The second kappa shape index (κ2) is 7.84. The summed E-state index contributed by atoms with van der Waals surface area (Å²) in [6.45, 7) is 0.845. The molecule has 3 heterocycles. The first-order valence-electron chi connectivity index (χ1n) is 9.13. The van der Waals surface area contributed by atoms with Gasteiger partial charge in [0.1, 0.15) is 12.0 Å². The predicted molar refractivity (Wildman–Crippen MR) is 98.0 cm³/mol. The van der Waals surface area contributed by atoms with E-state index in [-0.39, 0.29) is 17.4 Å². The van der Waals surface area contributed by atoms with Crippen LogP contribution in [0.2, 0.25) is 0 Å². The monoisotopic (exact) mass is 383 g/mol. The summed E-state index contributed by atoms with van der Waals surface area (Å²) in [5, 5.41) is 7.64. The van der Waals surface area contributed by atoms with Crippen LogP contribution in [-0.2, 0) is 0 Å². The summed E-state index contributed by atoms with van der Waals surface area (Å²) in [6.07, 6.45) is 5.92. The molecule has 6 nitrogen and oxygen atoms in total. The minimum Gasteiger partial charge on any atom is -0.339 e. The van der Waals surface area contributed by atoms with E-state index >= 15 is 0 Å². The lowest BCUT2D eigenvalue weighted by Gasteiger charge is -2.33. The van der Waals surface area contributed by atoms with Crippen molar-refractivity contribution in [3.63, 3.8) is 0 Å². The fourth-order valence-corrected chi connectivity index (χ4v) is 3.55. The van der Waals surface area contributed by atoms with Gasteiger partial charge in [-0.25, -0.2) is 13.5 Å². The van der Waals surface area contributed by atoms with Gasteiger partial charge in [0, 0.05) is 24.8 Å². The average molecular weight is 383 g/mol. The number of rotatable bonds is 4. The third kappa shape index (κ3) is 3.62. The van der Waals surface area contributed by atoms with Gasteiger partial charge in [-0.05, 0) is 30.9 Å². The summed E-state index contributed by atoms with van der Waals surface area (Å²) in [5.41, 5.74) is 1.18. The molecule has 0 radical (unpaired) electrons. The van der Waals surface area contributed by atoms with Crippen molar-refractivity contribution >= 4 is 5.91 Å². The number of nitrogens with zero attached hydrogens (tertiary/aromatic N) is 5. The number of benzene rings is 1. The van der Waals surface area contributed by atoms with Gasteiger partial charge in [0.25, 0.3) is 5.91 Å². The molecule has 0 bridgehead atoms. The van der Waals surface area contributed by atoms with E-state index in [2.05, 4.69) is 15.3 Å². The van der Waals surface area contributed by atoms with Crippen LogP contribution in [0.5, 0.6) is 0 Å². The van der Waals surface area contributed by atoms with E-state index in [1.54, 1.807) is 41.7 Å². The molecule has 1 atom stereocenters. The number of hydrogen-bond acceptors (Lipinski definition) is 4. The van der Waals surface area contributed by atoms with Crippen LogP contribution in [0.15, 0.2) is 55.1 Å². The second-order valence-corrected chi connectivity index (χ2v) is 6.83. The van der Waals surface area contributed by atoms with E-state index in [4.69, 9.17) is 0 Å². The topological polar surface area (TPSA) is 63.9 Å². The molecule has 8 heteroatoms. The molecule has 1 fully saturated rings. The molecule has 1 aliphatic heterocycles. The van der Waals surface area contributed by atoms with Crippen LogP contribution in [0.4, 0.5) is 8.78 Å². The van der Waals surface area contributed by atoms with Crippen molar-refractivity contribution in [2.24, 2.45) is 5.92 Å². The van der Waals surface area contributed by atoms with Crippen LogP contribution in [0, 0.1) is 11.7 Å². The Morgan fingerprint density at radius 1 is 1.18 bits per heavy atom. The fourth-order valence-electron chi connectivity index (χ4n) is 3.55. The Balaban J connectivity index is 1.42. The third-order valence-corrected chi connectivity index (χ3v) is 5.10. The maximum absolute atomic E-state index is 14.8. The molecule has 2 aromatic heterocycles. The minimum atomic E-state index is -1.37. The number of pyridine rings is 1. The minimum absolute atomic E-state index is 0.0945. The van der Waals surface area contributed by atoms with Crippen LogP contribution in [0.3, 0.4) is 0 Å². The first-order valence-corrected chi connectivity index (χ1v) is 9.13. The molecule has 3 aromatic rings. The van der Waals surface area contributed by atoms with E-state index < -0.39 is 12.0 Å². The zero-order valence-corrected chi connectivity index (χ0v) is 15.1. The van der Waals surface area contributed by atoms with E-state index in [1.165, 1.54) is 23.0 Å². The second-order valence-electron chi connectivity index (χ2n) is 6.83. The summed E-state index contributed by atoms with van der Waals surface area (Å²) in [4.78, 5) is 18.6. The lowest BCUT2D eigenvalue weighted by atomic mass is 9.88. The predicted octanol–water partition coefficient (Wildman–Crippen LogP) is 3.36. The Hall–Kier alpha value is -3.16. The SMILES string of the molecule is O=C(c1cncc(-n2ccnn2)c1)N1CCC(C(F)c2ccccc2F)CC1. The molecule has 144 valence electrons. The van der Waals surface area contributed by atoms with Crippen LogP contribution in [0.1, 0.15) is 34.9 Å². The van der Waals surface area contributed by atoms with Crippen molar-refractivity contribution in [3.8, 4) is 5.69 Å². The number of carbonyl (C=O) groups is 1. The van der Waals surface area contributed by atoms with E-state index in [0.29, 0.717) is 37.2 Å². The van der Waals surface area contributed by atoms with Gasteiger partial charge < -0.3 is 4.90 Å². The van der Waals surface area contributed by atoms with Gasteiger partial charge >= 0.3 is 0 Å². The Bertz CT molecular complexity index is 955. The van der Waals surface area contributed by atoms with Crippen molar-refractivity contribution in [2.45, 2.75) is 19.0 Å². The summed E-state index contributed by atoms with van der Waals surface area (Å²) in [7, 11) is 0. The van der Waals surface area contributed by atoms with Crippen LogP contribution >= 0.6 is 0 Å². The molecular formula is C20H19F2N5O. The Labute approximate surface area is 160 Å². The smallest absolute Gasteiger partial charge is 0.255 e. The third-order valence-electron chi connectivity index (χ3n) is 5.10. The first-order chi connectivity index (χ1) is 13.6. The maximum Gasteiger partial charge on any atom is 0.255 e. The van der Waals surface area contributed by atoms with Gasteiger partial charge in [0.05, 0.1) is 29.8 Å². The van der Waals surface area contributed by atoms with Gasteiger partial charge in [0.15, 0.2) is 0 Å². The largest absolute Gasteiger partial charge is 0.339 e. The first kappa shape index (κ1) is 18.2. The summed E-state index contributed by atoms with van der Waals surface area (Å²) >= 11 is 0. The molecule has 0 aliphatic carbocycles. The molecule has 1 saturated heterocycles. The van der Waals surface area contributed by atoms with Crippen molar-refractivity contribution in [3.05, 3.63) is 72.1 Å². The Morgan fingerprint density at radius 2 is 1.96 bits per heavy atom. The zero-order chi connectivity index (χ0) is 19.5.